The Balaban J connectivity index is 1.56. The topological polar surface area (TPSA) is 18.8 Å². The van der Waals surface area contributed by atoms with E-state index in [0.29, 0.717) is 10.0 Å². The van der Waals surface area contributed by atoms with Crippen molar-refractivity contribution in [3.05, 3.63) is 68.7 Å². The Bertz CT molecular complexity index is 751. The van der Waals surface area contributed by atoms with Gasteiger partial charge in [0.1, 0.15) is 0 Å². The van der Waals surface area contributed by atoms with Gasteiger partial charge in [-0.3, -0.25) is 9.91 Å². The first-order chi connectivity index (χ1) is 12.0. The van der Waals surface area contributed by atoms with Gasteiger partial charge < -0.3 is 0 Å². The first-order valence-corrected chi connectivity index (χ1v) is 9.37. The zero-order valence-electron chi connectivity index (χ0n) is 14.1. The van der Waals surface area contributed by atoms with Gasteiger partial charge in [0.15, 0.2) is 0 Å². The van der Waals surface area contributed by atoms with E-state index < -0.39 is 0 Å². The molecule has 1 aliphatic rings. The summed E-state index contributed by atoms with van der Waals surface area (Å²) in [5.74, 6) is 0. The number of halogens is 3. The molecule has 0 aliphatic carbocycles. The van der Waals surface area contributed by atoms with Crippen LogP contribution in [0, 0.1) is 0 Å². The summed E-state index contributed by atoms with van der Waals surface area (Å²) in [6.45, 7) is 6.74. The Morgan fingerprint density at radius 3 is 2.24 bits per heavy atom. The van der Waals surface area contributed by atoms with Gasteiger partial charge in [-0.25, -0.2) is 0 Å². The lowest BCUT2D eigenvalue weighted by Crippen LogP contribution is -2.43. The van der Waals surface area contributed by atoms with E-state index in [1.165, 1.54) is 5.56 Å². The van der Waals surface area contributed by atoms with Crippen LogP contribution in [-0.4, -0.2) is 41.8 Å². The molecule has 132 valence electrons. The van der Waals surface area contributed by atoms with Gasteiger partial charge in [-0.2, -0.15) is 5.10 Å². The van der Waals surface area contributed by atoms with Gasteiger partial charge >= 0.3 is 0 Å². The van der Waals surface area contributed by atoms with E-state index in [1.807, 2.05) is 37.3 Å². The van der Waals surface area contributed by atoms with Gasteiger partial charge in [-0.15, -0.1) is 0 Å². The summed E-state index contributed by atoms with van der Waals surface area (Å²) in [4.78, 5) is 2.43. The summed E-state index contributed by atoms with van der Waals surface area (Å²) >= 11 is 18.0. The lowest BCUT2D eigenvalue weighted by Gasteiger charge is -2.33. The molecule has 0 saturated carbocycles. The van der Waals surface area contributed by atoms with Crippen LogP contribution in [0.5, 0.6) is 0 Å². The molecular weight excluding hydrogens is 377 g/mol. The highest BCUT2D eigenvalue weighted by atomic mass is 35.5. The Morgan fingerprint density at radius 2 is 1.60 bits per heavy atom. The van der Waals surface area contributed by atoms with Crippen LogP contribution >= 0.6 is 34.8 Å². The van der Waals surface area contributed by atoms with Crippen molar-refractivity contribution in [2.75, 3.05) is 26.2 Å². The molecule has 2 aromatic carbocycles. The highest BCUT2D eigenvalue weighted by Crippen LogP contribution is 2.23. The SMILES string of the molecule is C/C(=N\N1CCN(Cc2ccc(Cl)cc2)CC1)c1ccc(Cl)c(Cl)c1. The van der Waals surface area contributed by atoms with Crippen LogP contribution in [0.4, 0.5) is 0 Å². The van der Waals surface area contributed by atoms with Crippen LogP contribution in [-0.2, 0) is 6.54 Å². The van der Waals surface area contributed by atoms with Crippen molar-refractivity contribution >= 4 is 40.5 Å². The number of hydrogen-bond acceptors (Lipinski definition) is 3. The highest BCUT2D eigenvalue weighted by molar-refractivity contribution is 6.42. The van der Waals surface area contributed by atoms with Gasteiger partial charge in [0.05, 0.1) is 15.8 Å². The van der Waals surface area contributed by atoms with E-state index in [1.54, 1.807) is 0 Å². The number of hydrazone groups is 1. The summed E-state index contributed by atoms with van der Waals surface area (Å²) < 4.78 is 0. The minimum Gasteiger partial charge on any atom is -0.295 e. The zero-order valence-corrected chi connectivity index (χ0v) is 16.3. The number of benzene rings is 2. The molecule has 0 aromatic heterocycles. The third kappa shape index (κ3) is 5.11. The Morgan fingerprint density at radius 1 is 0.920 bits per heavy atom. The molecule has 0 radical (unpaired) electrons. The summed E-state index contributed by atoms with van der Waals surface area (Å²) in [5, 5.41) is 8.75. The summed E-state index contributed by atoms with van der Waals surface area (Å²) in [6, 6.07) is 13.7. The molecule has 0 bridgehead atoms. The molecule has 1 aliphatic heterocycles. The largest absolute Gasteiger partial charge is 0.295 e. The van der Waals surface area contributed by atoms with Crippen LogP contribution in [0.2, 0.25) is 15.1 Å². The maximum atomic E-state index is 6.09. The fourth-order valence-electron chi connectivity index (χ4n) is 2.83. The molecule has 0 unspecified atom stereocenters. The second-order valence-corrected chi connectivity index (χ2v) is 7.42. The van der Waals surface area contributed by atoms with E-state index >= 15 is 0 Å². The van der Waals surface area contributed by atoms with Crippen molar-refractivity contribution in [3.63, 3.8) is 0 Å². The fourth-order valence-corrected chi connectivity index (χ4v) is 3.26. The van der Waals surface area contributed by atoms with Crippen LogP contribution in [0.15, 0.2) is 47.6 Å². The summed E-state index contributed by atoms with van der Waals surface area (Å²) in [5.41, 5.74) is 3.23. The average Bonchev–Trinajstić information content (AvgIpc) is 2.61. The molecule has 0 N–H and O–H groups in total. The number of nitrogens with zero attached hydrogens (tertiary/aromatic N) is 3. The minimum absolute atomic E-state index is 0.557. The number of piperazine rings is 1. The lowest BCUT2D eigenvalue weighted by atomic mass is 10.1. The van der Waals surface area contributed by atoms with E-state index in [4.69, 9.17) is 39.9 Å². The van der Waals surface area contributed by atoms with Crippen LogP contribution in [0.1, 0.15) is 18.1 Å². The molecule has 1 saturated heterocycles. The first kappa shape index (κ1) is 18.5. The molecule has 1 heterocycles. The maximum absolute atomic E-state index is 6.09. The van der Waals surface area contributed by atoms with Gasteiger partial charge in [0.2, 0.25) is 0 Å². The molecule has 1 fully saturated rings. The predicted octanol–water partition coefficient (Wildman–Crippen LogP) is 5.19. The standard InChI is InChI=1S/C19H20Cl3N3/c1-14(16-4-7-18(21)19(22)12-16)23-25-10-8-24(9-11-25)13-15-2-5-17(20)6-3-15/h2-7,12H,8-11,13H2,1H3/b23-14+. The molecule has 3 rings (SSSR count). The molecule has 2 aromatic rings. The predicted molar refractivity (Wildman–Crippen MR) is 107 cm³/mol. The molecule has 0 spiro atoms. The molecule has 25 heavy (non-hydrogen) atoms. The minimum atomic E-state index is 0.557. The Labute approximate surface area is 163 Å². The third-order valence-corrected chi connectivity index (χ3v) is 5.29. The molecule has 6 heteroatoms. The molecular formula is C19H20Cl3N3. The summed E-state index contributed by atoms with van der Waals surface area (Å²) in [6.07, 6.45) is 0. The van der Waals surface area contributed by atoms with Crippen molar-refractivity contribution in [1.29, 1.82) is 0 Å². The number of rotatable bonds is 4. The molecule has 0 atom stereocenters. The van der Waals surface area contributed by atoms with Gasteiger partial charge in [-0.05, 0) is 42.3 Å². The van der Waals surface area contributed by atoms with Crippen molar-refractivity contribution in [1.82, 2.24) is 9.91 Å². The fraction of sp³-hybridized carbons (Fsp3) is 0.316. The van der Waals surface area contributed by atoms with Crippen LogP contribution in [0.3, 0.4) is 0 Å². The van der Waals surface area contributed by atoms with E-state index in [0.717, 1.165) is 49.0 Å². The van der Waals surface area contributed by atoms with E-state index in [-0.39, 0.29) is 0 Å². The van der Waals surface area contributed by atoms with Crippen LogP contribution in [0.25, 0.3) is 0 Å². The van der Waals surface area contributed by atoms with Crippen molar-refractivity contribution in [2.45, 2.75) is 13.5 Å². The maximum Gasteiger partial charge on any atom is 0.0647 e. The van der Waals surface area contributed by atoms with Crippen LogP contribution < -0.4 is 0 Å². The van der Waals surface area contributed by atoms with Crippen molar-refractivity contribution < 1.29 is 0 Å². The Hall–Kier alpha value is -1.26. The van der Waals surface area contributed by atoms with Crippen molar-refractivity contribution in [2.24, 2.45) is 5.10 Å². The highest BCUT2D eigenvalue weighted by Gasteiger charge is 2.16. The smallest absolute Gasteiger partial charge is 0.0647 e. The summed E-state index contributed by atoms with van der Waals surface area (Å²) in [7, 11) is 0. The molecule has 0 amide bonds. The van der Waals surface area contributed by atoms with Gasteiger partial charge in [0.25, 0.3) is 0 Å². The number of hydrogen-bond donors (Lipinski definition) is 0. The third-order valence-electron chi connectivity index (χ3n) is 4.30. The quantitative estimate of drug-likeness (QED) is 0.662. The van der Waals surface area contributed by atoms with Gasteiger partial charge in [-0.1, -0.05) is 53.0 Å². The first-order valence-electron chi connectivity index (χ1n) is 8.23. The second-order valence-electron chi connectivity index (χ2n) is 6.17. The molecule has 3 nitrogen and oxygen atoms in total. The average molecular weight is 397 g/mol. The van der Waals surface area contributed by atoms with E-state index in [2.05, 4.69) is 22.0 Å². The van der Waals surface area contributed by atoms with E-state index in [9.17, 15) is 0 Å². The Kier molecular flexibility index (Phi) is 6.24. The normalized spacial score (nSPS) is 16.3. The van der Waals surface area contributed by atoms with Crippen molar-refractivity contribution in [3.8, 4) is 0 Å². The lowest BCUT2D eigenvalue weighted by molar-refractivity contribution is 0.130. The zero-order chi connectivity index (χ0) is 17.8. The monoisotopic (exact) mass is 395 g/mol. The van der Waals surface area contributed by atoms with Gasteiger partial charge in [0, 0.05) is 37.7 Å². The second kappa shape index (κ2) is 8.41.